The third-order valence-corrected chi connectivity index (χ3v) is 5.65. The first-order valence-electron chi connectivity index (χ1n) is 5.87. The van der Waals surface area contributed by atoms with E-state index in [1.807, 2.05) is 0 Å². The fourth-order valence-corrected chi connectivity index (χ4v) is 4.15. The van der Waals surface area contributed by atoms with Crippen LogP contribution in [0.25, 0.3) is 10.1 Å². The topological polar surface area (TPSA) is 83.3 Å². The largest absolute Gasteiger partial charge is 0.611 e. The monoisotopic (exact) mass is 351 g/mol. The molecule has 118 valence electrons. The Bertz CT molecular complexity index is 803. The highest BCUT2D eigenvalue weighted by Gasteiger charge is 2.34. The van der Waals surface area contributed by atoms with E-state index >= 15 is 0 Å². The highest BCUT2D eigenvalue weighted by atomic mass is 32.2. The molecule has 10 heteroatoms. The molecule has 0 spiro atoms. The summed E-state index contributed by atoms with van der Waals surface area (Å²) in [6, 6.07) is 1.94. The van der Waals surface area contributed by atoms with Gasteiger partial charge in [0.15, 0.2) is 5.43 Å². The van der Waals surface area contributed by atoms with E-state index < -0.39 is 44.3 Å². The molecule has 0 bridgehead atoms. The van der Waals surface area contributed by atoms with Gasteiger partial charge in [-0.05, 0) is 24.2 Å². The Kier molecular flexibility index (Phi) is 4.45. The van der Waals surface area contributed by atoms with Crippen LogP contribution in [0.2, 0.25) is 0 Å². The van der Waals surface area contributed by atoms with Crippen LogP contribution in [0.5, 0.6) is 0 Å². The minimum Gasteiger partial charge on any atom is -0.611 e. The molecule has 0 aliphatic rings. The van der Waals surface area contributed by atoms with Gasteiger partial charge in [-0.25, -0.2) is 0 Å². The maximum atomic E-state index is 12.8. The Labute approximate surface area is 128 Å². The van der Waals surface area contributed by atoms with Gasteiger partial charge in [0.05, 0.1) is 16.6 Å². The Morgan fingerprint density at radius 1 is 1.32 bits per heavy atom. The summed E-state index contributed by atoms with van der Waals surface area (Å²) in [5, 5.41) is 10.6. The van der Waals surface area contributed by atoms with Gasteiger partial charge in [0.2, 0.25) is 4.21 Å². The van der Waals surface area contributed by atoms with Crippen LogP contribution in [0.4, 0.5) is 18.9 Å². The van der Waals surface area contributed by atoms with Gasteiger partial charge in [-0.2, -0.15) is 13.2 Å². The average molecular weight is 351 g/mol. The fourth-order valence-electron chi connectivity index (χ4n) is 1.77. The van der Waals surface area contributed by atoms with E-state index in [2.05, 4.69) is 0 Å². The molecule has 2 aromatic rings. The molecule has 1 atom stereocenters. The van der Waals surface area contributed by atoms with Crippen molar-refractivity contribution in [3.8, 4) is 0 Å². The first kappa shape index (κ1) is 16.7. The molecule has 22 heavy (non-hydrogen) atoms. The van der Waals surface area contributed by atoms with Crippen molar-refractivity contribution in [3.05, 3.63) is 44.1 Å². The lowest BCUT2D eigenvalue weighted by molar-refractivity contribution is -0.383. The van der Waals surface area contributed by atoms with Crippen molar-refractivity contribution in [1.29, 1.82) is 0 Å². The van der Waals surface area contributed by atoms with E-state index in [9.17, 15) is 32.6 Å². The predicted octanol–water partition coefficient (Wildman–Crippen LogP) is 3.32. The van der Waals surface area contributed by atoms with Crippen molar-refractivity contribution in [2.75, 3.05) is 5.75 Å². The quantitative estimate of drug-likeness (QED) is 0.482. The highest BCUT2D eigenvalue weighted by molar-refractivity contribution is 7.93. The standard InChI is InChI=1S/C12H8F3NO4S2/c1-2-22(20)10-5-9(17)7-3-6(12(13,14)15)4-8(16(18)19)11(7)21-10/h3-5H,2H2,1H3. The van der Waals surface area contributed by atoms with Crippen molar-refractivity contribution in [2.24, 2.45) is 0 Å². The number of hydrogen-bond donors (Lipinski definition) is 0. The summed E-state index contributed by atoms with van der Waals surface area (Å²) in [6.45, 7) is 1.60. The van der Waals surface area contributed by atoms with Gasteiger partial charge >= 0.3 is 6.18 Å². The second kappa shape index (κ2) is 5.86. The molecular weight excluding hydrogens is 343 g/mol. The first-order chi connectivity index (χ1) is 10.1. The molecule has 5 nitrogen and oxygen atoms in total. The second-order valence-corrected chi connectivity index (χ2v) is 7.21. The lowest BCUT2D eigenvalue weighted by atomic mass is 10.1. The normalized spacial score (nSPS) is 13.3. The summed E-state index contributed by atoms with van der Waals surface area (Å²) in [6.07, 6.45) is -4.80. The van der Waals surface area contributed by atoms with E-state index in [0.717, 1.165) is 6.07 Å². The van der Waals surface area contributed by atoms with E-state index in [4.69, 9.17) is 0 Å². The molecule has 2 rings (SSSR count). The van der Waals surface area contributed by atoms with Crippen LogP contribution >= 0.6 is 11.3 Å². The number of fused-ring (bicyclic) bond motifs is 1. The zero-order valence-corrected chi connectivity index (χ0v) is 12.6. The molecule has 1 aromatic carbocycles. The summed E-state index contributed by atoms with van der Waals surface area (Å²) >= 11 is -0.828. The molecule has 0 saturated heterocycles. The number of hydrogen-bond acceptors (Lipinski definition) is 5. The summed E-state index contributed by atoms with van der Waals surface area (Å²) in [4.78, 5) is 22.0. The minimum atomic E-state index is -4.80. The van der Waals surface area contributed by atoms with E-state index in [0.29, 0.717) is 23.5 Å². The van der Waals surface area contributed by atoms with Gasteiger partial charge in [-0.15, -0.1) is 0 Å². The van der Waals surface area contributed by atoms with Gasteiger partial charge in [0, 0.05) is 11.5 Å². The molecule has 0 aliphatic heterocycles. The lowest BCUT2D eigenvalue weighted by Crippen LogP contribution is -2.11. The van der Waals surface area contributed by atoms with E-state index in [1.54, 1.807) is 6.92 Å². The van der Waals surface area contributed by atoms with Crippen LogP contribution < -0.4 is 5.43 Å². The van der Waals surface area contributed by atoms with Crippen LogP contribution in [0, 0.1) is 10.1 Å². The number of rotatable bonds is 3. The van der Waals surface area contributed by atoms with Crippen molar-refractivity contribution >= 4 is 38.3 Å². The van der Waals surface area contributed by atoms with Gasteiger partial charge < -0.3 is 4.55 Å². The highest BCUT2D eigenvalue weighted by Crippen LogP contribution is 2.38. The van der Waals surface area contributed by atoms with E-state index in [1.165, 1.54) is 0 Å². The zero-order chi connectivity index (χ0) is 16.7. The second-order valence-electron chi connectivity index (χ2n) is 4.19. The number of benzene rings is 1. The van der Waals surface area contributed by atoms with Crippen molar-refractivity contribution in [3.63, 3.8) is 0 Å². The smallest absolute Gasteiger partial charge is 0.416 e. The lowest BCUT2D eigenvalue weighted by Gasteiger charge is -2.10. The van der Waals surface area contributed by atoms with Crippen LogP contribution in [0.15, 0.2) is 27.2 Å². The van der Waals surface area contributed by atoms with Gasteiger partial charge in [0.1, 0.15) is 10.5 Å². The zero-order valence-electron chi connectivity index (χ0n) is 11.0. The van der Waals surface area contributed by atoms with Gasteiger partial charge in [-0.3, -0.25) is 14.9 Å². The third kappa shape index (κ3) is 3.08. The molecule has 0 aliphatic carbocycles. The number of nitro groups is 1. The number of nitro benzene ring substituents is 1. The molecule has 1 aromatic heterocycles. The number of alkyl halides is 3. The molecule has 1 heterocycles. The molecule has 0 N–H and O–H groups in total. The first-order valence-corrected chi connectivity index (χ1v) is 8.00. The van der Waals surface area contributed by atoms with Crippen LogP contribution in [-0.4, -0.2) is 15.2 Å². The van der Waals surface area contributed by atoms with Crippen LogP contribution in [-0.2, 0) is 17.4 Å². The van der Waals surface area contributed by atoms with Crippen LogP contribution in [0.3, 0.4) is 0 Å². The van der Waals surface area contributed by atoms with E-state index in [-0.39, 0.29) is 14.7 Å². The minimum absolute atomic E-state index is 0.0999. The molecule has 0 saturated carbocycles. The molecule has 1 unspecified atom stereocenters. The molecule has 0 fully saturated rings. The Morgan fingerprint density at radius 2 is 1.95 bits per heavy atom. The Morgan fingerprint density at radius 3 is 2.45 bits per heavy atom. The summed E-state index contributed by atoms with van der Waals surface area (Å²) in [7, 11) is 0. The summed E-state index contributed by atoms with van der Waals surface area (Å²) < 4.78 is 50.0. The number of non-ortho nitro benzene ring substituents is 1. The fraction of sp³-hybridized carbons (Fsp3) is 0.250. The Hall–Kier alpha value is -1.65. The Balaban J connectivity index is 2.88. The maximum absolute atomic E-state index is 12.8. The predicted molar refractivity (Wildman–Crippen MR) is 76.7 cm³/mol. The van der Waals surface area contributed by atoms with Crippen molar-refractivity contribution in [1.82, 2.24) is 0 Å². The third-order valence-electron chi connectivity index (χ3n) is 2.80. The van der Waals surface area contributed by atoms with Crippen molar-refractivity contribution < 1.29 is 22.6 Å². The van der Waals surface area contributed by atoms with Gasteiger partial charge in [0.25, 0.3) is 5.69 Å². The summed E-state index contributed by atoms with van der Waals surface area (Å²) in [5.41, 5.74) is -2.90. The van der Waals surface area contributed by atoms with Gasteiger partial charge in [-0.1, -0.05) is 11.3 Å². The SMILES string of the molecule is CC[S+]([O-])c1cc(=O)c2cc(C(F)(F)F)cc([N+](=O)[O-])c2s1. The molecular formula is C12H8F3NO4S2. The van der Waals surface area contributed by atoms with Crippen molar-refractivity contribution in [2.45, 2.75) is 17.3 Å². The molecule has 0 radical (unpaired) electrons. The summed E-state index contributed by atoms with van der Waals surface area (Å²) in [5.74, 6) is 0.190. The van der Waals surface area contributed by atoms with Crippen LogP contribution in [0.1, 0.15) is 12.5 Å². The maximum Gasteiger partial charge on any atom is 0.416 e. The molecule has 0 amide bonds. The number of halogens is 3. The number of nitrogens with zero attached hydrogens (tertiary/aromatic N) is 1. The average Bonchev–Trinajstić information content (AvgIpc) is 2.44.